The summed E-state index contributed by atoms with van der Waals surface area (Å²) < 4.78 is 0. The summed E-state index contributed by atoms with van der Waals surface area (Å²) in [6.07, 6.45) is 3.58. The minimum absolute atomic E-state index is 0.337. The number of anilines is 2. The summed E-state index contributed by atoms with van der Waals surface area (Å²) in [5.41, 5.74) is 12.6. The van der Waals surface area contributed by atoms with Crippen LogP contribution in [0.25, 0.3) is 0 Å². The van der Waals surface area contributed by atoms with Gasteiger partial charge in [-0.15, -0.1) is 0 Å². The number of pyridine rings is 1. The number of rotatable bonds is 6. The largest absolute Gasteiger partial charge is 0.396 e. The third-order valence-corrected chi connectivity index (χ3v) is 3.08. The van der Waals surface area contributed by atoms with E-state index in [9.17, 15) is 0 Å². The van der Waals surface area contributed by atoms with Gasteiger partial charge < -0.3 is 16.8 Å². The monoisotopic (exact) mass is 290 g/mol. The molecule has 0 bridgehead atoms. The minimum Gasteiger partial charge on any atom is -0.396 e. The van der Waals surface area contributed by atoms with Crippen molar-refractivity contribution < 1.29 is 0 Å². The molecule has 0 aromatic carbocycles. The highest BCUT2D eigenvalue weighted by Crippen LogP contribution is 2.18. The first kappa shape index (κ1) is 19.3. The topological polar surface area (TPSA) is 77.0 Å². The fourth-order valence-corrected chi connectivity index (χ4v) is 1.92. The molecule has 1 atom stereocenters. The van der Waals surface area contributed by atoms with Crippen LogP contribution in [0.2, 0.25) is 0 Å². The van der Waals surface area contributed by atoms with Crippen molar-refractivity contribution in [3.8, 4) is 11.8 Å². The van der Waals surface area contributed by atoms with Gasteiger partial charge in [-0.3, -0.25) is 0 Å². The molecule has 0 saturated carbocycles. The maximum atomic E-state index is 5.92. The molecule has 0 aliphatic carbocycles. The first-order valence-corrected chi connectivity index (χ1v) is 7.90. The lowest BCUT2D eigenvalue weighted by Gasteiger charge is -2.16. The Morgan fingerprint density at radius 1 is 1.29 bits per heavy atom. The highest BCUT2D eigenvalue weighted by Gasteiger charge is 2.07. The van der Waals surface area contributed by atoms with Crippen LogP contribution in [0, 0.1) is 17.8 Å². The number of aromatic nitrogens is 1. The molecule has 4 nitrogen and oxygen atoms in total. The van der Waals surface area contributed by atoms with Gasteiger partial charge in [0.25, 0.3) is 0 Å². The molecule has 0 fully saturated rings. The first-order chi connectivity index (χ1) is 10.2. The van der Waals surface area contributed by atoms with E-state index in [4.69, 9.17) is 11.5 Å². The molecule has 0 saturated heterocycles. The molecule has 0 spiro atoms. The van der Waals surface area contributed by atoms with E-state index in [0.717, 1.165) is 18.8 Å². The summed E-state index contributed by atoms with van der Waals surface area (Å²) in [6.45, 7) is 9.65. The van der Waals surface area contributed by atoms with E-state index in [-0.39, 0.29) is 0 Å². The highest BCUT2D eigenvalue weighted by atomic mass is 15.0. The fraction of sp³-hybridized carbons (Fsp3) is 0.588. The van der Waals surface area contributed by atoms with E-state index >= 15 is 0 Å². The zero-order chi connectivity index (χ0) is 16.1. The molecule has 0 amide bonds. The van der Waals surface area contributed by atoms with Crippen molar-refractivity contribution in [1.82, 2.24) is 4.98 Å². The van der Waals surface area contributed by atoms with Crippen molar-refractivity contribution in [1.29, 1.82) is 0 Å². The molecular formula is C17H30N4. The van der Waals surface area contributed by atoms with Crippen molar-refractivity contribution in [2.75, 3.05) is 24.1 Å². The Balaban J connectivity index is 0.00000191. The van der Waals surface area contributed by atoms with E-state index in [0.29, 0.717) is 23.8 Å². The van der Waals surface area contributed by atoms with Gasteiger partial charge in [-0.05, 0) is 30.4 Å². The van der Waals surface area contributed by atoms with Gasteiger partial charge in [-0.2, -0.15) is 0 Å². The van der Waals surface area contributed by atoms with Gasteiger partial charge >= 0.3 is 0 Å². The van der Waals surface area contributed by atoms with E-state index in [1.807, 2.05) is 26.0 Å². The molecule has 4 heteroatoms. The van der Waals surface area contributed by atoms with Crippen LogP contribution >= 0.6 is 0 Å². The van der Waals surface area contributed by atoms with Crippen LogP contribution < -0.4 is 16.8 Å². The molecule has 21 heavy (non-hydrogen) atoms. The maximum Gasteiger partial charge on any atom is 0.150 e. The highest BCUT2D eigenvalue weighted by molar-refractivity contribution is 5.62. The lowest BCUT2D eigenvalue weighted by molar-refractivity contribution is 0.487. The number of nitrogens with zero attached hydrogens (tertiary/aromatic N) is 1. The second kappa shape index (κ2) is 12.0. The van der Waals surface area contributed by atoms with Gasteiger partial charge in [0, 0.05) is 6.54 Å². The van der Waals surface area contributed by atoms with Crippen LogP contribution in [-0.2, 0) is 0 Å². The molecule has 1 aromatic heterocycles. The number of hydrogen-bond acceptors (Lipinski definition) is 4. The van der Waals surface area contributed by atoms with E-state index in [1.165, 1.54) is 12.8 Å². The van der Waals surface area contributed by atoms with Gasteiger partial charge in [0.05, 0.1) is 12.2 Å². The van der Waals surface area contributed by atoms with Crippen LogP contribution in [0.1, 0.15) is 52.7 Å². The second-order valence-corrected chi connectivity index (χ2v) is 4.58. The number of nitrogen functional groups attached to an aromatic ring is 1. The summed E-state index contributed by atoms with van der Waals surface area (Å²) >= 11 is 0. The van der Waals surface area contributed by atoms with Gasteiger partial charge in [-0.1, -0.05) is 46.5 Å². The van der Waals surface area contributed by atoms with Crippen LogP contribution in [0.4, 0.5) is 11.5 Å². The Hall–Kier alpha value is -1.73. The Bertz CT molecular complexity index is 446. The number of nitrogens with one attached hydrogen (secondary N) is 1. The van der Waals surface area contributed by atoms with E-state index < -0.39 is 0 Å². The van der Waals surface area contributed by atoms with E-state index in [1.54, 1.807) is 0 Å². The fourth-order valence-electron chi connectivity index (χ4n) is 1.92. The van der Waals surface area contributed by atoms with Crippen LogP contribution in [-0.4, -0.2) is 18.1 Å². The second-order valence-electron chi connectivity index (χ2n) is 4.58. The number of nitrogens with two attached hydrogens (primary N) is 2. The molecule has 1 heterocycles. The summed E-state index contributed by atoms with van der Waals surface area (Å²) in [4.78, 5) is 4.41. The van der Waals surface area contributed by atoms with Crippen LogP contribution in [0.5, 0.6) is 0 Å². The molecule has 5 N–H and O–H groups in total. The lowest BCUT2D eigenvalue weighted by Crippen LogP contribution is -2.15. The average molecular weight is 290 g/mol. The van der Waals surface area contributed by atoms with Crippen molar-refractivity contribution in [3.63, 3.8) is 0 Å². The lowest BCUT2D eigenvalue weighted by atomic mass is 10.0. The van der Waals surface area contributed by atoms with Gasteiger partial charge in [-0.25, -0.2) is 4.98 Å². The zero-order valence-corrected chi connectivity index (χ0v) is 13.9. The van der Waals surface area contributed by atoms with Gasteiger partial charge in [0.15, 0.2) is 5.82 Å². The normalized spacial score (nSPS) is 10.7. The Morgan fingerprint density at radius 2 is 2.00 bits per heavy atom. The summed E-state index contributed by atoms with van der Waals surface area (Å²) in [6, 6.07) is 3.64. The molecule has 0 aliphatic heterocycles. The smallest absolute Gasteiger partial charge is 0.150 e. The Kier molecular flexibility index (Phi) is 11.1. The van der Waals surface area contributed by atoms with Crippen molar-refractivity contribution in [2.24, 2.45) is 11.7 Å². The standard InChI is InChI=1S/C15H24N4.C2H6/c1-3-6-12(4-2)11-18-15-14(17)9-8-13(19-15)7-5-10-16;1-2/h8-9,12H,3-4,6,10-11,16-17H2,1-2H3,(H,18,19);1-2H3. The van der Waals surface area contributed by atoms with Crippen LogP contribution in [0.3, 0.4) is 0 Å². The molecule has 0 radical (unpaired) electrons. The molecular weight excluding hydrogens is 260 g/mol. The molecule has 0 aliphatic rings. The quantitative estimate of drug-likeness (QED) is 0.703. The minimum atomic E-state index is 0.337. The summed E-state index contributed by atoms with van der Waals surface area (Å²) in [5, 5.41) is 3.33. The summed E-state index contributed by atoms with van der Waals surface area (Å²) in [7, 11) is 0. The van der Waals surface area contributed by atoms with Crippen molar-refractivity contribution >= 4 is 11.5 Å². The van der Waals surface area contributed by atoms with Crippen molar-refractivity contribution in [2.45, 2.75) is 47.0 Å². The Labute approximate surface area is 129 Å². The maximum absolute atomic E-state index is 5.92. The zero-order valence-electron chi connectivity index (χ0n) is 13.9. The third kappa shape index (κ3) is 7.57. The van der Waals surface area contributed by atoms with Crippen LogP contribution in [0.15, 0.2) is 12.1 Å². The van der Waals surface area contributed by atoms with Crippen molar-refractivity contribution in [3.05, 3.63) is 17.8 Å². The van der Waals surface area contributed by atoms with Gasteiger partial charge in [0.1, 0.15) is 5.69 Å². The predicted molar refractivity (Wildman–Crippen MR) is 93.1 cm³/mol. The molecule has 1 rings (SSSR count). The Morgan fingerprint density at radius 3 is 2.57 bits per heavy atom. The SMILES string of the molecule is CC.CCCC(CC)CNc1nc(C#CCN)ccc1N. The molecule has 1 unspecified atom stereocenters. The molecule has 118 valence electrons. The first-order valence-electron chi connectivity index (χ1n) is 7.90. The average Bonchev–Trinajstić information content (AvgIpc) is 2.53. The number of hydrogen-bond donors (Lipinski definition) is 3. The van der Waals surface area contributed by atoms with Gasteiger partial charge in [0.2, 0.25) is 0 Å². The third-order valence-electron chi connectivity index (χ3n) is 3.08. The molecule has 1 aromatic rings. The van der Waals surface area contributed by atoms with E-state index in [2.05, 4.69) is 36.0 Å². The summed E-state index contributed by atoms with van der Waals surface area (Å²) in [5.74, 6) is 7.09. The predicted octanol–water partition coefficient (Wildman–Crippen LogP) is 3.24.